The molecule has 3 aromatic carbocycles. The molecule has 0 unspecified atom stereocenters. The maximum atomic E-state index is 13.1. The van der Waals surface area contributed by atoms with E-state index in [2.05, 4.69) is 5.32 Å². The van der Waals surface area contributed by atoms with E-state index in [9.17, 15) is 9.59 Å². The average Bonchev–Trinajstić information content (AvgIpc) is 2.99. The largest absolute Gasteiger partial charge is 0.497 e. The van der Waals surface area contributed by atoms with Gasteiger partial charge < -0.3 is 29.2 Å². The van der Waals surface area contributed by atoms with Crippen LogP contribution in [0.25, 0.3) is 0 Å². The number of rotatable bonds is 7. The molecule has 0 aliphatic carbocycles. The molecule has 1 aliphatic heterocycles. The number of para-hydroxylation sites is 1. The van der Waals surface area contributed by atoms with Gasteiger partial charge in [0.15, 0.2) is 17.6 Å². The van der Waals surface area contributed by atoms with Gasteiger partial charge in [0.2, 0.25) is 0 Å². The molecule has 1 atom stereocenters. The summed E-state index contributed by atoms with van der Waals surface area (Å²) in [6.07, 6.45) is -0.660. The van der Waals surface area contributed by atoms with Gasteiger partial charge in [0.1, 0.15) is 11.5 Å². The SMILES string of the molecule is COc1ccc(C(=O)Nc2ccc3c(c2)CN(Cc2cccc(OC)c2OC)C(=O)[C@@H](C)O3)cc1. The minimum absolute atomic E-state index is 0.144. The number of methoxy groups -OCH3 is 3. The highest BCUT2D eigenvalue weighted by Gasteiger charge is 2.29. The van der Waals surface area contributed by atoms with Crippen molar-refractivity contribution in [2.24, 2.45) is 0 Å². The fraction of sp³-hybridized carbons (Fsp3) is 0.259. The number of anilines is 1. The van der Waals surface area contributed by atoms with Crippen molar-refractivity contribution in [3.8, 4) is 23.0 Å². The van der Waals surface area contributed by atoms with Gasteiger partial charge in [0.05, 0.1) is 21.3 Å². The Morgan fingerprint density at radius 2 is 1.80 bits per heavy atom. The molecular formula is C27H28N2O6. The molecule has 4 rings (SSSR count). The maximum absolute atomic E-state index is 13.1. The average molecular weight is 477 g/mol. The fourth-order valence-corrected chi connectivity index (χ4v) is 4.04. The standard InChI is InChI=1S/C27H28N2O6/c1-17-27(31)29(15-19-6-5-7-24(33-3)25(19)34-4)16-20-14-21(10-13-23(20)35-17)28-26(30)18-8-11-22(32-2)12-9-18/h5-14,17H,15-16H2,1-4H3,(H,28,30)/t17-/m1/s1. The second-order valence-corrected chi connectivity index (χ2v) is 8.11. The summed E-state index contributed by atoms with van der Waals surface area (Å²) in [5.74, 6) is 2.07. The molecule has 0 fully saturated rings. The Hall–Kier alpha value is -4.20. The van der Waals surface area contributed by atoms with E-state index < -0.39 is 6.10 Å². The molecule has 182 valence electrons. The summed E-state index contributed by atoms with van der Waals surface area (Å²) < 4.78 is 22.0. The van der Waals surface area contributed by atoms with Crippen LogP contribution in [0.2, 0.25) is 0 Å². The Kier molecular flexibility index (Phi) is 7.10. The molecule has 8 heteroatoms. The van der Waals surface area contributed by atoms with Gasteiger partial charge in [0.25, 0.3) is 11.8 Å². The van der Waals surface area contributed by atoms with Gasteiger partial charge in [-0.05, 0) is 55.5 Å². The highest BCUT2D eigenvalue weighted by atomic mass is 16.5. The van der Waals surface area contributed by atoms with Crippen LogP contribution in [-0.2, 0) is 17.9 Å². The van der Waals surface area contributed by atoms with Crippen molar-refractivity contribution in [3.63, 3.8) is 0 Å². The topological polar surface area (TPSA) is 86.3 Å². The first kappa shape index (κ1) is 23.9. The zero-order valence-corrected chi connectivity index (χ0v) is 20.2. The molecule has 0 spiro atoms. The van der Waals surface area contributed by atoms with Crippen molar-refractivity contribution in [1.82, 2.24) is 4.90 Å². The number of carbonyl (C=O) groups excluding carboxylic acids is 2. The zero-order valence-electron chi connectivity index (χ0n) is 20.2. The van der Waals surface area contributed by atoms with Crippen molar-refractivity contribution < 1.29 is 28.5 Å². The maximum Gasteiger partial charge on any atom is 0.263 e. The lowest BCUT2D eigenvalue weighted by atomic mass is 10.1. The first-order valence-corrected chi connectivity index (χ1v) is 11.2. The van der Waals surface area contributed by atoms with Gasteiger partial charge >= 0.3 is 0 Å². The Balaban J connectivity index is 1.58. The van der Waals surface area contributed by atoms with E-state index in [4.69, 9.17) is 18.9 Å². The van der Waals surface area contributed by atoms with Crippen LogP contribution in [0.15, 0.2) is 60.7 Å². The first-order valence-electron chi connectivity index (χ1n) is 11.2. The van der Waals surface area contributed by atoms with Gasteiger partial charge in [-0.2, -0.15) is 0 Å². The van der Waals surface area contributed by atoms with Crippen molar-refractivity contribution in [1.29, 1.82) is 0 Å². The minimum atomic E-state index is -0.660. The van der Waals surface area contributed by atoms with Gasteiger partial charge in [-0.25, -0.2) is 0 Å². The summed E-state index contributed by atoms with van der Waals surface area (Å²) in [7, 11) is 4.73. The molecule has 2 amide bonds. The van der Waals surface area contributed by atoms with Crippen LogP contribution < -0.4 is 24.3 Å². The second-order valence-electron chi connectivity index (χ2n) is 8.11. The third kappa shape index (κ3) is 5.16. The summed E-state index contributed by atoms with van der Waals surface area (Å²) in [5, 5.41) is 2.91. The minimum Gasteiger partial charge on any atom is -0.497 e. The first-order chi connectivity index (χ1) is 16.9. The van der Waals surface area contributed by atoms with Gasteiger partial charge in [-0.3, -0.25) is 9.59 Å². The highest BCUT2D eigenvalue weighted by molar-refractivity contribution is 6.04. The Labute approximate surface area is 204 Å². The van der Waals surface area contributed by atoms with Crippen LogP contribution in [0.5, 0.6) is 23.0 Å². The quantitative estimate of drug-likeness (QED) is 0.548. The number of hydrogen-bond acceptors (Lipinski definition) is 6. The molecule has 0 radical (unpaired) electrons. The van der Waals surface area contributed by atoms with Crippen LogP contribution in [0, 0.1) is 0 Å². The molecular weight excluding hydrogens is 448 g/mol. The molecule has 1 heterocycles. The Morgan fingerprint density at radius 1 is 1.03 bits per heavy atom. The summed E-state index contributed by atoms with van der Waals surface area (Å²) in [6.45, 7) is 2.35. The highest BCUT2D eigenvalue weighted by Crippen LogP contribution is 2.34. The number of nitrogens with one attached hydrogen (secondary N) is 1. The van der Waals surface area contributed by atoms with Crippen molar-refractivity contribution in [2.45, 2.75) is 26.1 Å². The molecule has 35 heavy (non-hydrogen) atoms. The summed E-state index contributed by atoms with van der Waals surface area (Å²) in [6, 6.07) is 17.8. The van der Waals surface area contributed by atoms with Gasteiger partial charge in [0, 0.05) is 35.5 Å². The summed E-state index contributed by atoms with van der Waals surface area (Å²) in [4.78, 5) is 27.5. The Bertz CT molecular complexity index is 1220. The smallest absolute Gasteiger partial charge is 0.263 e. The number of ether oxygens (including phenoxy) is 4. The van der Waals surface area contributed by atoms with Crippen LogP contribution >= 0.6 is 0 Å². The van der Waals surface area contributed by atoms with E-state index >= 15 is 0 Å². The van der Waals surface area contributed by atoms with Crippen molar-refractivity contribution in [3.05, 3.63) is 77.4 Å². The van der Waals surface area contributed by atoms with E-state index in [0.717, 1.165) is 11.1 Å². The second kappa shape index (κ2) is 10.4. The fourth-order valence-electron chi connectivity index (χ4n) is 4.04. The zero-order chi connectivity index (χ0) is 24.9. The molecule has 0 bridgehead atoms. The monoisotopic (exact) mass is 476 g/mol. The molecule has 0 aromatic heterocycles. The predicted octanol–water partition coefficient (Wildman–Crippen LogP) is 4.27. The van der Waals surface area contributed by atoms with E-state index in [1.165, 1.54) is 0 Å². The lowest BCUT2D eigenvalue weighted by molar-refractivity contribution is -0.138. The number of amides is 2. The van der Waals surface area contributed by atoms with E-state index in [1.807, 2.05) is 24.3 Å². The normalized spacial score (nSPS) is 14.9. The van der Waals surface area contributed by atoms with Crippen LogP contribution in [0.3, 0.4) is 0 Å². The number of hydrogen-bond donors (Lipinski definition) is 1. The number of carbonyl (C=O) groups is 2. The molecule has 0 saturated carbocycles. The van der Waals surface area contributed by atoms with Gasteiger partial charge in [-0.15, -0.1) is 0 Å². The summed E-state index contributed by atoms with van der Waals surface area (Å²) in [5.41, 5.74) is 2.72. The lowest BCUT2D eigenvalue weighted by Gasteiger charge is -2.24. The van der Waals surface area contributed by atoms with E-state index in [1.54, 1.807) is 69.6 Å². The number of benzene rings is 3. The third-order valence-electron chi connectivity index (χ3n) is 5.84. The third-order valence-corrected chi connectivity index (χ3v) is 5.84. The van der Waals surface area contributed by atoms with Crippen molar-refractivity contribution >= 4 is 17.5 Å². The number of fused-ring (bicyclic) bond motifs is 1. The summed E-state index contributed by atoms with van der Waals surface area (Å²) >= 11 is 0. The van der Waals surface area contributed by atoms with E-state index in [-0.39, 0.29) is 11.8 Å². The molecule has 8 nitrogen and oxygen atoms in total. The molecule has 0 saturated heterocycles. The molecule has 3 aromatic rings. The van der Waals surface area contributed by atoms with Crippen LogP contribution in [-0.4, -0.2) is 44.1 Å². The van der Waals surface area contributed by atoms with Crippen molar-refractivity contribution in [2.75, 3.05) is 26.6 Å². The molecule has 1 N–H and O–H groups in total. The number of nitrogens with zero attached hydrogens (tertiary/aromatic N) is 1. The van der Waals surface area contributed by atoms with Gasteiger partial charge in [-0.1, -0.05) is 12.1 Å². The van der Waals surface area contributed by atoms with Crippen LogP contribution in [0.4, 0.5) is 5.69 Å². The van der Waals surface area contributed by atoms with E-state index in [0.29, 0.717) is 47.3 Å². The van der Waals surface area contributed by atoms with Crippen LogP contribution in [0.1, 0.15) is 28.4 Å². The Morgan fingerprint density at radius 3 is 2.49 bits per heavy atom. The predicted molar refractivity (Wildman–Crippen MR) is 131 cm³/mol. The molecule has 1 aliphatic rings. The lowest BCUT2D eigenvalue weighted by Crippen LogP contribution is -2.37.